The number of hydrogen-bond acceptors (Lipinski definition) is 5. The van der Waals surface area contributed by atoms with Gasteiger partial charge in [-0.05, 0) is 48.8 Å². The fourth-order valence-corrected chi connectivity index (χ4v) is 3.24. The maximum atomic E-state index is 12.4. The molecule has 0 aliphatic carbocycles. The molecule has 0 fully saturated rings. The van der Waals surface area contributed by atoms with Gasteiger partial charge in [0.25, 0.3) is 5.91 Å². The molecule has 1 N–H and O–H groups in total. The molecule has 1 atom stereocenters. The molecule has 0 saturated heterocycles. The number of thioether (sulfide) groups is 1. The summed E-state index contributed by atoms with van der Waals surface area (Å²) in [6, 6.07) is 12.9. The van der Waals surface area contributed by atoms with E-state index in [0.717, 1.165) is 0 Å². The zero-order valence-corrected chi connectivity index (χ0v) is 17.7. The Hall–Kier alpha value is -1.89. The first kappa shape index (κ1) is 22.4. The summed E-state index contributed by atoms with van der Waals surface area (Å²) < 4.78 is 10.8. The van der Waals surface area contributed by atoms with Gasteiger partial charge in [-0.2, -0.15) is 11.8 Å². The van der Waals surface area contributed by atoms with Gasteiger partial charge in [-0.15, -0.1) is 0 Å². The lowest BCUT2D eigenvalue weighted by Crippen LogP contribution is -2.42. The van der Waals surface area contributed by atoms with Crippen LogP contribution in [0.5, 0.6) is 5.75 Å². The Bertz CT molecular complexity index is 789. The van der Waals surface area contributed by atoms with E-state index in [1.54, 1.807) is 54.2 Å². The van der Waals surface area contributed by atoms with Gasteiger partial charge in [0.2, 0.25) is 0 Å². The topological polar surface area (TPSA) is 64.6 Å². The third-order valence-corrected chi connectivity index (χ3v) is 4.89. The van der Waals surface area contributed by atoms with Gasteiger partial charge in [0.1, 0.15) is 25.0 Å². The molecule has 1 amide bonds. The summed E-state index contributed by atoms with van der Waals surface area (Å²) in [7, 11) is 0. The fourth-order valence-electron chi connectivity index (χ4n) is 2.30. The lowest BCUT2D eigenvalue weighted by atomic mass is 10.1. The first-order valence-electron chi connectivity index (χ1n) is 8.60. The highest BCUT2D eigenvalue weighted by Gasteiger charge is 2.22. The molecule has 0 radical (unpaired) electrons. The molecule has 2 rings (SSSR count). The molecule has 0 heterocycles. The average molecular weight is 442 g/mol. The number of nitrogens with one attached hydrogen (secondary N) is 1. The second-order valence-electron chi connectivity index (χ2n) is 5.76. The molecule has 0 spiro atoms. The third kappa shape index (κ3) is 7.26. The van der Waals surface area contributed by atoms with E-state index in [1.807, 2.05) is 12.3 Å². The molecule has 150 valence electrons. The standard InChI is InChI=1S/C20H21Cl2NO4S/c1-28-12-9-17(23-19(24)14-5-3-2-4-6-14)20(25)27-11-10-26-18-8-7-15(21)13-16(18)22/h2-8,13,17H,9-12H2,1H3,(H,23,24). The first-order valence-corrected chi connectivity index (χ1v) is 10.8. The van der Waals surface area contributed by atoms with E-state index in [0.29, 0.717) is 33.5 Å². The normalized spacial score (nSPS) is 11.5. The number of carbonyl (C=O) groups is 2. The van der Waals surface area contributed by atoms with Crippen molar-refractivity contribution in [1.82, 2.24) is 5.32 Å². The molecule has 0 aliphatic heterocycles. The summed E-state index contributed by atoms with van der Waals surface area (Å²) in [5.74, 6) is 0.363. The van der Waals surface area contributed by atoms with Gasteiger partial charge < -0.3 is 14.8 Å². The second kappa shape index (κ2) is 11.8. The van der Waals surface area contributed by atoms with Crippen LogP contribution in [0.2, 0.25) is 10.0 Å². The van der Waals surface area contributed by atoms with Crippen molar-refractivity contribution in [3.05, 3.63) is 64.1 Å². The number of rotatable bonds is 10. The van der Waals surface area contributed by atoms with Crippen molar-refractivity contribution in [3.63, 3.8) is 0 Å². The van der Waals surface area contributed by atoms with Crippen LogP contribution < -0.4 is 10.1 Å². The second-order valence-corrected chi connectivity index (χ2v) is 7.59. The van der Waals surface area contributed by atoms with Crippen LogP contribution in [0.1, 0.15) is 16.8 Å². The van der Waals surface area contributed by atoms with E-state index in [4.69, 9.17) is 32.7 Å². The highest BCUT2D eigenvalue weighted by Crippen LogP contribution is 2.27. The molecule has 2 aromatic rings. The minimum atomic E-state index is -0.723. The van der Waals surface area contributed by atoms with E-state index in [9.17, 15) is 9.59 Å². The SMILES string of the molecule is CSCCC(NC(=O)c1ccccc1)C(=O)OCCOc1ccc(Cl)cc1Cl. The van der Waals surface area contributed by atoms with Crippen molar-refractivity contribution in [1.29, 1.82) is 0 Å². The van der Waals surface area contributed by atoms with Gasteiger partial charge in [-0.25, -0.2) is 4.79 Å². The van der Waals surface area contributed by atoms with Gasteiger partial charge in [0.05, 0.1) is 5.02 Å². The Labute approximate surface area is 178 Å². The highest BCUT2D eigenvalue weighted by molar-refractivity contribution is 7.98. The zero-order valence-electron chi connectivity index (χ0n) is 15.3. The Morgan fingerprint density at radius 2 is 1.86 bits per heavy atom. The summed E-state index contributed by atoms with van der Waals surface area (Å²) in [6.45, 7) is 0.170. The summed E-state index contributed by atoms with van der Waals surface area (Å²) in [5.41, 5.74) is 0.491. The van der Waals surface area contributed by atoms with Crippen LogP contribution in [0, 0.1) is 0 Å². The number of carbonyl (C=O) groups excluding carboxylic acids is 2. The van der Waals surface area contributed by atoms with Crippen LogP contribution in [0.25, 0.3) is 0 Å². The van der Waals surface area contributed by atoms with Crippen molar-refractivity contribution in [2.24, 2.45) is 0 Å². The maximum Gasteiger partial charge on any atom is 0.328 e. The zero-order chi connectivity index (χ0) is 20.4. The molecular weight excluding hydrogens is 421 g/mol. The molecular formula is C20H21Cl2NO4S. The Kier molecular flexibility index (Phi) is 9.47. The van der Waals surface area contributed by atoms with Gasteiger partial charge >= 0.3 is 5.97 Å². The van der Waals surface area contributed by atoms with Gasteiger partial charge in [0, 0.05) is 10.6 Å². The van der Waals surface area contributed by atoms with Crippen LogP contribution in [0.15, 0.2) is 48.5 Å². The van der Waals surface area contributed by atoms with E-state index < -0.39 is 12.0 Å². The minimum absolute atomic E-state index is 0.0365. The summed E-state index contributed by atoms with van der Waals surface area (Å²) >= 11 is 13.5. The van der Waals surface area contributed by atoms with Gasteiger partial charge in [0.15, 0.2) is 0 Å². The van der Waals surface area contributed by atoms with Crippen molar-refractivity contribution in [2.45, 2.75) is 12.5 Å². The minimum Gasteiger partial charge on any atom is -0.488 e. The average Bonchev–Trinajstić information content (AvgIpc) is 2.70. The van der Waals surface area contributed by atoms with E-state index in [-0.39, 0.29) is 19.1 Å². The number of ether oxygens (including phenoxy) is 2. The molecule has 0 aliphatic rings. The van der Waals surface area contributed by atoms with Crippen LogP contribution in [-0.2, 0) is 9.53 Å². The van der Waals surface area contributed by atoms with Crippen LogP contribution >= 0.6 is 35.0 Å². The smallest absolute Gasteiger partial charge is 0.328 e. The molecule has 8 heteroatoms. The van der Waals surface area contributed by atoms with Gasteiger partial charge in [-0.3, -0.25) is 4.79 Å². The van der Waals surface area contributed by atoms with Crippen LogP contribution in [0.4, 0.5) is 0 Å². The van der Waals surface area contributed by atoms with E-state index >= 15 is 0 Å². The number of benzene rings is 2. The van der Waals surface area contributed by atoms with Crippen molar-refractivity contribution in [3.8, 4) is 5.75 Å². The predicted molar refractivity (Wildman–Crippen MR) is 114 cm³/mol. The maximum absolute atomic E-state index is 12.4. The van der Waals surface area contributed by atoms with E-state index in [1.165, 1.54) is 0 Å². The molecule has 0 bridgehead atoms. The molecule has 1 unspecified atom stereocenters. The van der Waals surface area contributed by atoms with Crippen molar-refractivity contribution in [2.75, 3.05) is 25.2 Å². The van der Waals surface area contributed by atoms with Crippen molar-refractivity contribution >= 4 is 46.8 Å². The molecule has 0 aromatic heterocycles. The van der Waals surface area contributed by atoms with Crippen LogP contribution in [0.3, 0.4) is 0 Å². The van der Waals surface area contributed by atoms with Crippen molar-refractivity contribution < 1.29 is 19.1 Å². The fraction of sp³-hybridized carbons (Fsp3) is 0.300. The van der Waals surface area contributed by atoms with Crippen LogP contribution in [-0.4, -0.2) is 43.1 Å². The number of esters is 1. The summed E-state index contributed by atoms with van der Waals surface area (Å²) in [6.07, 6.45) is 2.41. The molecule has 2 aromatic carbocycles. The first-order chi connectivity index (χ1) is 13.5. The molecule has 28 heavy (non-hydrogen) atoms. The Morgan fingerprint density at radius 1 is 1.11 bits per heavy atom. The quantitative estimate of drug-likeness (QED) is 0.435. The lowest BCUT2D eigenvalue weighted by molar-refractivity contribution is -0.146. The monoisotopic (exact) mass is 441 g/mol. The van der Waals surface area contributed by atoms with E-state index in [2.05, 4.69) is 5.32 Å². The molecule has 5 nitrogen and oxygen atoms in total. The Balaban J connectivity index is 1.85. The number of halogens is 2. The predicted octanol–water partition coefficient (Wildman–Crippen LogP) is 4.47. The highest BCUT2D eigenvalue weighted by atomic mass is 35.5. The number of amides is 1. The summed E-state index contributed by atoms with van der Waals surface area (Å²) in [4.78, 5) is 24.7. The van der Waals surface area contributed by atoms with Gasteiger partial charge in [-0.1, -0.05) is 41.4 Å². The molecule has 0 saturated carbocycles. The summed E-state index contributed by atoms with van der Waals surface area (Å²) in [5, 5.41) is 3.63. The third-order valence-electron chi connectivity index (χ3n) is 3.72. The Morgan fingerprint density at radius 3 is 2.54 bits per heavy atom. The largest absolute Gasteiger partial charge is 0.488 e. The number of hydrogen-bond donors (Lipinski definition) is 1. The lowest BCUT2D eigenvalue weighted by Gasteiger charge is -2.17.